The zero-order chi connectivity index (χ0) is 18.5. The van der Waals surface area contributed by atoms with Gasteiger partial charge in [0.2, 0.25) is 0 Å². The summed E-state index contributed by atoms with van der Waals surface area (Å²) in [5, 5.41) is 3.19. The summed E-state index contributed by atoms with van der Waals surface area (Å²) in [6.07, 6.45) is 0. The molecular weight excluding hydrogens is 320 g/mol. The highest BCUT2D eigenvalue weighted by Crippen LogP contribution is 2.24. The number of carbonyl (C=O) groups excluding carboxylic acids is 1. The lowest BCUT2D eigenvalue weighted by atomic mass is 9.98. The van der Waals surface area contributed by atoms with Crippen LogP contribution in [-0.4, -0.2) is 20.0 Å². The Morgan fingerprint density at radius 3 is 1.85 bits per heavy atom. The summed E-state index contributed by atoms with van der Waals surface area (Å²) >= 11 is 0. The number of aryl methyl sites for hydroxylation is 1. The van der Waals surface area contributed by atoms with E-state index in [0.29, 0.717) is 5.56 Å². The summed E-state index contributed by atoms with van der Waals surface area (Å²) in [6.45, 7) is 2.03. The minimum atomic E-state index is -0.182. The SMILES string of the molecule is Cc1cc(C(=O)NC(c2ccccc2)c2ccccc2)ccc1N(C)C. The van der Waals surface area contributed by atoms with Crippen LogP contribution in [0, 0.1) is 6.92 Å². The van der Waals surface area contributed by atoms with Gasteiger partial charge in [0.1, 0.15) is 0 Å². The molecule has 0 spiro atoms. The van der Waals surface area contributed by atoms with Crippen molar-refractivity contribution < 1.29 is 4.79 Å². The van der Waals surface area contributed by atoms with Gasteiger partial charge in [0, 0.05) is 25.3 Å². The Kier molecular flexibility index (Phi) is 5.37. The van der Waals surface area contributed by atoms with Crippen LogP contribution in [0.25, 0.3) is 0 Å². The maximum absolute atomic E-state index is 12.9. The number of hydrogen-bond donors (Lipinski definition) is 1. The smallest absolute Gasteiger partial charge is 0.252 e. The molecule has 0 saturated carbocycles. The van der Waals surface area contributed by atoms with Gasteiger partial charge in [0.05, 0.1) is 6.04 Å². The van der Waals surface area contributed by atoms with Crippen LogP contribution in [0.15, 0.2) is 78.9 Å². The van der Waals surface area contributed by atoms with Crippen LogP contribution in [0.3, 0.4) is 0 Å². The number of carbonyl (C=O) groups is 1. The van der Waals surface area contributed by atoms with Gasteiger partial charge in [-0.2, -0.15) is 0 Å². The highest BCUT2D eigenvalue weighted by Gasteiger charge is 2.18. The molecule has 3 nitrogen and oxygen atoms in total. The van der Waals surface area contributed by atoms with Crippen LogP contribution in [0.1, 0.15) is 33.1 Å². The molecule has 0 unspecified atom stereocenters. The second kappa shape index (κ2) is 7.87. The third-order valence-electron chi connectivity index (χ3n) is 4.48. The predicted molar refractivity (Wildman–Crippen MR) is 108 cm³/mol. The van der Waals surface area contributed by atoms with Gasteiger partial charge >= 0.3 is 0 Å². The van der Waals surface area contributed by atoms with Gasteiger partial charge in [0.25, 0.3) is 5.91 Å². The van der Waals surface area contributed by atoms with Gasteiger partial charge in [0.15, 0.2) is 0 Å². The Hall–Kier alpha value is -3.07. The highest BCUT2D eigenvalue weighted by molar-refractivity contribution is 5.95. The van der Waals surface area contributed by atoms with Gasteiger partial charge in [-0.15, -0.1) is 0 Å². The van der Waals surface area contributed by atoms with Crippen LogP contribution >= 0.6 is 0 Å². The first-order chi connectivity index (χ1) is 12.6. The molecule has 1 amide bonds. The average Bonchev–Trinajstić information content (AvgIpc) is 2.67. The van der Waals surface area contributed by atoms with E-state index in [-0.39, 0.29) is 11.9 Å². The average molecular weight is 344 g/mol. The third-order valence-corrected chi connectivity index (χ3v) is 4.48. The van der Waals surface area contributed by atoms with Gasteiger partial charge in [-0.1, -0.05) is 60.7 Å². The molecule has 1 N–H and O–H groups in total. The minimum absolute atomic E-state index is 0.0730. The summed E-state index contributed by atoms with van der Waals surface area (Å²) in [5.41, 5.74) is 5.00. The van der Waals surface area contributed by atoms with Crippen molar-refractivity contribution in [2.24, 2.45) is 0 Å². The van der Waals surface area contributed by atoms with Crippen LogP contribution in [0.5, 0.6) is 0 Å². The van der Waals surface area contributed by atoms with Crippen molar-refractivity contribution in [1.29, 1.82) is 0 Å². The molecule has 3 aromatic carbocycles. The fourth-order valence-corrected chi connectivity index (χ4v) is 3.16. The zero-order valence-corrected chi connectivity index (χ0v) is 15.4. The summed E-state index contributed by atoms with van der Waals surface area (Å²) in [4.78, 5) is 15.0. The molecule has 0 fully saturated rings. The minimum Gasteiger partial charge on any atom is -0.377 e. The molecule has 0 aromatic heterocycles. The van der Waals surface area contributed by atoms with Gasteiger partial charge in [-0.05, 0) is 41.8 Å². The van der Waals surface area contributed by atoms with E-state index in [4.69, 9.17) is 0 Å². The molecule has 0 bridgehead atoms. The van der Waals surface area contributed by atoms with Gasteiger partial charge in [-0.25, -0.2) is 0 Å². The Labute approximate surface area is 155 Å². The van der Waals surface area contributed by atoms with E-state index in [1.165, 1.54) is 0 Å². The van der Waals surface area contributed by atoms with Crippen LogP contribution < -0.4 is 10.2 Å². The summed E-state index contributed by atoms with van der Waals surface area (Å²) in [5.74, 6) is -0.0730. The molecule has 26 heavy (non-hydrogen) atoms. The molecule has 3 aromatic rings. The number of amides is 1. The van der Waals surface area contributed by atoms with Crippen LogP contribution in [-0.2, 0) is 0 Å². The van der Waals surface area contributed by atoms with Crippen molar-refractivity contribution in [2.45, 2.75) is 13.0 Å². The lowest BCUT2D eigenvalue weighted by Gasteiger charge is -2.21. The number of hydrogen-bond acceptors (Lipinski definition) is 2. The molecule has 3 heteroatoms. The van der Waals surface area contributed by atoms with Crippen molar-refractivity contribution in [3.63, 3.8) is 0 Å². The lowest BCUT2D eigenvalue weighted by Crippen LogP contribution is -2.29. The van der Waals surface area contributed by atoms with E-state index in [1.54, 1.807) is 0 Å². The molecular formula is C23H24N2O. The Bertz CT molecular complexity index is 834. The first-order valence-electron chi connectivity index (χ1n) is 8.75. The first-order valence-corrected chi connectivity index (χ1v) is 8.75. The Balaban J connectivity index is 1.90. The molecule has 0 radical (unpaired) electrons. The summed E-state index contributed by atoms with van der Waals surface area (Å²) < 4.78 is 0. The Morgan fingerprint density at radius 1 is 0.846 bits per heavy atom. The van der Waals surface area contributed by atoms with Crippen molar-refractivity contribution in [2.75, 3.05) is 19.0 Å². The Morgan fingerprint density at radius 2 is 1.38 bits per heavy atom. The maximum atomic E-state index is 12.9. The number of nitrogens with zero attached hydrogens (tertiary/aromatic N) is 1. The van der Waals surface area contributed by atoms with E-state index < -0.39 is 0 Å². The number of rotatable bonds is 5. The molecule has 3 rings (SSSR count). The second-order valence-electron chi connectivity index (χ2n) is 6.62. The van der Waals surface area contributed by atoms with Crippen molar-refractivity contribution in [3.05, 3.63) is 101 Å². The van der Waals surface area contributed by atoms with E-state index in [9.17, 15) is 4.79 Å². The second-order valence-corrected chi connectivity index (χ2v) is 6.62. The van der Waals surface area contributed by atoms with Crippen molar-refractivity contribution in [3.8, 4) is 0 Å². The van der Waals surface area contributed by atoms with Crippen LogP contribution in [0.4, 0.5) is 5.69 Å². The van der Waals surface area contributed by atoms with E-state index in [0.717, 1.165) is 22.4 Å². The highest BCUT2D eigenvalue weighted by atomic mass is 16.1. The quantitative estimate of drug-likeness (QED) is 0.735. The lowest BCUT2D eigenvalue weighted by molar-refractivity contribution is 0.0943. The number of anilines is 1. The fourth-order valence-electron chi connectivity index (χ4n) is 3.16. The molecule has 132 valence electrons. The van der Waals surface area contributed by atoms with E-state index in [2.05, 4.69) is 5.32 Å². The molecule has 0 atom stereocenters. The standard InChI is InChI=1S/C23H24N2O/c1-17-16-20(14-15-21(17)25(2)3)23(26)24-22(18-10-6-4-7-11-18)19-12-8-5-9-13-19/h4-16,22H,1-3H3,(H,24,26). The zero-order valence-electron chi connectivity index (χ0n) is 15.4. The number of nitrogens with one attached hydrogen (secondary N) is 1. The monoisotopic (exact) mass is 344 g/mol. The largest absolute Gasteiger partial charge is 0.377 e. The molecule has 0 aliphatic heterocycles. The summed E-state index contributed by atoms with van der Waals surface area (Å²) in [6, 6.07) is 25.7. The molecule has 0 heterocycles. The maximum Gasteiger partial charge on any atom is 0.252 e. The topological polar surface area (TPSA) is 32.3 Å². The van der Waals surface area contributed by atoms with Crippen molar-refractivity contribution in [1.82, 2.24) is 5.32 Å². The predicted octanol–water partition coefficient (Wildman–Crippen LogP) is 4.58. The fraction of sp³-hybridized carbons (Fsp3) is 0.174. The first kappa shape index (κ1) is 17.7. The molecule has 0 saturated heterocycles. The van der Waals surface area contributed by atoms with Crippen molar-refractivity contribution >= 4 is 11.6 Å². The van der Waals surface area contributed by atoms with Gasteiger partial charge in [-0.3, -0.25) is 4.79 Å². The van der Waals surface area contributed by atoms with Gasteiger partial charge < -0.3 is 10.2 Å². The molecule has 0 aliphatic rings. The van der Waals surface area contributed by atoms with E-state index in [1.807, 2.05) is 105 Å². The third kappa shape index (κ3) is 3.94. The number of benzene rings is 3. The summed E-state index contributed by atoms with van der Waals surface area (Å²) in [7, 11) is 4.01. The molecule has 0 aliphatic carbocycles. The normalized spacial score (nSPS) is 10.6. The van der Waals surface area contributed by atoms with E-state index >= 15 is 0 Å². The van der Waals surface area contributed by atoms with Crippen LogP contribution in [0.2, 0.25) is 0 Å².